The van der Waals surface area contributed by atoms with Crippen molar-refractivity contribution in [2.24, 2.45) is 0 Å². The van der Waals surface area contributed by atoms with Crippen LogP contribution >= 0.6 is 0 Å². The van der Waals surface area contributed by atoms with Gasteiger partial charge >= 0.3 is 0 Å². The van der Waals surface area contributed by atoms with E-state index in [2.05, 4.69) is 5.32 Å². The number of fused-ring (bicyclic) bond motifs is 1. The average molecular weight is 411 g/mol. The van der Waals surface area contributed by atoms with Gasteiger partial charge in [-0.3, -0.25) is 9.59 Å². The Balaban J connectivity index is 1.80. The highest BCUT2D eigenvalue weighted by atomic mass is 16.5. The molecule has 0 spiro atoms. The summed E-state index contributed by atoms with van der Waals surface area (Å²) >= 11 is 0. The van der Waals surface area contributed by atoms with Crippen molar-refractivity contribution in [3.8, 4) is 23.0 Å². The Morgan fingerprint density at radius 2 is 1.27 bits per heavy atom. The van der Waals surface area contributed by atoms with Gasteiger partial charge in [0.25, 0.3) is 0 Å². The molecule has 1 N–H and O–H groups in total. The van der Waals surface area contributed by atoms with Gasteiger partial charge in [-0.05, 0) is 43.2 Å². The average Bonchev–Trinajstić information content (AvgIpc) is 2.78. The molecule has 0 heterocycles. The highest BCUT2D eigenvalue weighted by Crippen LogP contribution is 2.35. The van der Waals surface area contributed by atoms with Gasteiger partial charge in [-0.25, -0.2) is 0 Å². The minimum Gasteiger partial charge on any atom is -0.493 e. The summed E-state index contributed by atoms with van der Waals surface area (Å²) in [6, 6.07) is 8.77. The van der Waals surface area contributed by atoms with Crippen LogP contribution in [0, 0.1) is 0 Å². The van der Waals surface area contributed by atoms with Gasteiger partial charge < -0.3 is 24.3 Å². The fourth-order valence-electron chi connectivity index (χ4n) is 3.46. The predicted molar refractivity (Wildman–Crippen MR) is 112 cm³/mol. The van der Waals surface area contributed by atoms with Crippen molar-refractivity contribution in [1.82, 2.24) is 5.32 Å². The number of hydrogen-bond acceptors (Lipinski definition) is 7. The van der Waals surface area contributed by atoms with Crippen LogP contribution in [0.4, 0.5) is 0 Å². The number of Topliss-reactive ketones (excluding diaryl/α,β-unsaturated/α-hetero) is 2. The van der Waals surface area contributed by atoms with E-state index < -0.39 is 0 Å². The van der Waals surface area contributed by atoms with E-state index in [-0.39, 0.29) is 11.6 Å². The molecule has 0 unspecified atom stereocenters. The Morgan fingerprint density at radius 3 is 1.83 bits per heavy atom. The zero-order valence-electron chi connectivity index (χ0n) is 17.8. The highest BCUT2D eigenvalue weighted by Gasteiger charge is 2.31. The number of carbonyl (C=O) groups is 2. The summed E-state index contributed by atoms with van der Waals surface area (Å²) in [6.45, 7) is 2.13. The summed E-state index contributed by atoms with van der Waals surface area (Å²) in [7, 11) is 6.15. The molecule has 0 aliphatic heterocycles. The van der Waals surface area contributed by atoms with Crippen LogP contribution in [0.2, 0.25) is 0 Å². The standard InChI is InChI=1S/C23H25NO6/c1-13-21(24-9-8-14-6-7-17(27-2)18(10-14)28-3)23(26)16-12-20(30-5)19(29-4)11-15(16)22(13)25/h6-7,10-12,24H,8-9H2,1-5H3. The summed E-state index contributed by atoms with van der Waals surface area (Å²) in [6.07, 6.45) is 0.636. The summed E-state index contributed by atoms with van der Waals surface area (Å²) in [4.78, 5) is 25.9. The van der Waals surface area contributed by atoms with Crippen molar-refractivity contribution in [3.05, 3.63) is 58.3 Å². The maximum absolute atomic E-state index is 13.1. The number of ketones is 2. The minimum atomic E-state index is -0.240. The lowest BCUT2D eigenvalue weighted by atomic mass is 9.87. The van der Waals surface area contributed by atoms with E-state index in [1.807, 2.05) is 18.2 Å². The number of benzene rings is 2. The van der Waals surface area contributed by atoms with Crippen molar-refractivity contribution < 1.29 is 28.5 Å². The molecule has 7 heteroatoms. The van der Waals surface area contributed by atoms with Crippen molar-refractivity contribution in [1.29, 1.82) is 0 Å². The number of allylic oxidation sites excluding steroid dienone is 2. The van der Waals surface area contributed by atoms with Crippen LogP contribution in [0.5, 0.6) is 23.0 Å². The molecule has 0 bridgehead atoms. The van der Waals surface area contributed by atoms with E-state index in [9.17, 15) is 9.59 Å². The Bertz CT molecular complexity index is 1020. The largest absolute Gasteiger partial charge is 0.493 e. The second-order valence-electron chi connectivity index (χ2n) is 6.78. The molecule has 7 nitrogen and oxygen atoms in total. The highest BCUT2D eigenvalue weighted by molar-refractivity contribution is 6.26. The van der Waals surface area contributed by atoms with Crippen LogP contribution in [0.1, 0.15) is 33.2 Å². The first-order valence-electron chi connectivity index (χ1n) is 9.46. The zero-order valence-corrected chi connectivity index (χ0v) is 17.8. The number of ether oxygens (including phenoxy) is 4. The summed E-state index contributed by atoms with van der Waals surface area (Å²) in [5.74, 6) is 1.66. The maximum Gasteiger partial charge on any atom is 0.210 e. The second-order valence-corrected chi connectivity index (χ2v) is 6.78. The maximum atomic E-state index is 13.1. The van der Waals surface area contributed by atoms with Gasteiger partial charge in [0.15, 0.2) is 28.8 Å². The zero-order chi connectivity index (χ0) is 21.8. The topological polar surface area (TPSA) is 83.1 Å². The lowest BCUT2D eigenvalue weighted by Crippen LogP contribution is -2.31. The molecule has 2 aromatic carbocycles. The van der Waals surface area contributed by atoms with Crippen molar-refractivity contribution in [2.45, 2.75) is 13.3 Å². The molecule has 0 fully saturated rings. The SMILES string of the molecule is COc1ccc(CCNC2=C(C)C(=O)c3cc(OC)c(OC)cc3C2=O)cc1OC. The Hall–Kier alpha value is -3.48. The molecule has 0 aromatic heterocycles. The van der Waals surface area contributed by atoms with Gasteiger partial charge in [0.05, 0.1) is 34.1 Å². The number of rotatable bonds is 8. The fraction of sp³-hybridized carbons (Fsp3) is 0.304. The third kappa shape index (κ3) is 3.83. The van der Waals surface area contributed by atoms with Gasteiger partial charge in [0.2, 0.25) is 5.78 Å². The van der Waals surface area contributed by atoms with E-state index in [4.69, 9.17) is 18.9 Å². The van der Waals surface area contributed by atoms with Crippen LogP contribution in [0.3, 0.4) is 0 Å². The first-order chi connectivity index (χ1) is 14.4. The van der Waals surface area contributed by atoms with Gasteiger partial charge in [-0.2, -0.15) is 0 Å². The molecule has 30 heavy (non-hydrogen) atoms. The van der Waals surface area contributed by atoms with Crippen molar-refractivity contribution >= 4 is 11.6 Å². The van der Waals surface area contributed by atoms with Gasteiger partial charge in [-0.1, -0.05) is 6.07 Å². The van der Waals surface area contributed by atoms with Crippen LogP contribution < -0.4 is 24.3 Å². The minimum absolute atomic E-state index is 0.209. The molecule has 1 aliphatic carbocycles. The second kappa shape index (κ2) is 8.90. The Kier molecular flexibility index (Phi) is 6.30. The van der Waals surface area contributed by atoms with E-state index in [1.54, 1.807) is 33.3 Å². The summed E-state index contributed by atoms with van der Waals surface area (Å²) in [5.41, 5.74) is 2.32. The Labute approximate surface area is 175 Å². The molecular formula is C23H25NO6. The smallest absolute Gasteiger partial charge is 0.210 e. The number of nitrogens with one attached hydrogen (secondary N) is 1. The first kappa shape index (κ1) is 21.2. The molecule has 3 rings (SSSR count). The van der Waals surface area contributed by atoms with Crippen LogP contribution in [0.25, 0.3) is 0 Å². The van der Waals surface area contributed by atoms with Crippen LogP contribution in [0.15, 0.2) is 41.6 Å². The molecule has 0 saturated heterocycles. The number of carbonyl (C=O) groups excluding carboxylic acids is 2. The normalized spacial score (nSPS) is 13.1. The molecule has 1 aliphatic rings. The van der Waals surface area contributed by atoms with E-state index in [1.165, 1.54) is 14.2 Å². The van der Waals surface area contributed by atoms with E-state index in [0.29, 0.717) is 58.4 Å². The predicted octanol–water partition coefficient (Wildman–Crippen LogP) is 3.21. The molecule has 0 atom stereocenters. The monoisotopic (exact) mass is 411 g/mol. The Morgan fingerprint density at radius 1 is 0.733 bits per heavy atom. The molecule has 0 radical (unpaired) electrons. The quantitative estimate of drug-likeness (QED) is 0.714. The van der Waals surface area contributed by atoms with Crippen molar-refractivity contribution in [3.63, 3.8) is 0 Å². The molecule has 2 aromatic rings. The molecule has 0 saturated carbocycles. The van der Waals surface area contributed by atoms with Gasteiger partial charge in [0, 0.05) is 23.2 Å². The summed E-state index contributed by atoms with van der Waals surface area (Å²) in [5, 5.41) is 3.14. The van der Waals surface area contributed by atoms with E-state index >= 15 is 0 Å². The molecule has 158 valence electrons. The third-order valence-electron chi connectivity index (χ3n) is 5.12. The van der Waals surface area contributed by atoms with Gasteiger partial charge in [0.1, 0.15) is 0 Å². The third-order valence-corrected chi connectivity index (χ3v) is 5.12. The van der Waals surface area contributed by atoms with Gasteiger partial charge in [-0.15, -0.1) is 0 Å². The lowest BCUT2D eigenvalue weighted by molar-refractivity contribution is 0.0968. The number of methoxy groups -OCH3 is 4. The van der Waals surface area contributed by atoms with Crippen LogP contribution in [-0.2, 0) is 6.42 Å². The first-order valence-corrected chi connectivity index (χ1v) is 9.46. The fourth-order valence-corrected chi connectivity index (χ4v) is 3.46. The van der Waals surface area contributed by atoms with Crippen molar-refractivity contribution in [2.75, 3.05) is 35.0 Å². The molecular weight excluding hydrogens is 386 g/mol. The summed E-state index contributed by atoms with van der Waals surface area (Å²) < 4.78 is 21.1. The van der Waals surface area contributed by atoms with E-state index in [0.717, 1.165) is 5.56 Å². The number of hydrogen-bond donors (Lipinski definition) is 1. The van der Waals surface area contributed by atoms with Crippen LogP contribution in [-0.4, -0.2) is 46.6 Å². The lowest BCUT2D eigenvalue weighted by Gasteiger charge is -2.22. The molecule has 0 amide bonds.